The van der Waals surface area contributed by atoms with Gasteiger partial charge in [0, 0.05) is 23.6 Å². The minimum atomic E-state index is -1.16. The molecule has 0 bridgehead atoms. The van der Waals surface area contributed by atoms with E-state index in [1.807, 2.05) is 0 Å². The Balaban J connectivity index is 2.58. The number of aliphatic carboxylic acids is 1. The second-order valence-corrected chi connectivity index (χ2v) is 5.29. The number of carbonyl (C=O) groups is 2. The van der Waals surface area contributed by atoms with Crippen LogP contribution in [0.25, 0.3) is 0 Å². The Bertz CT molecular complexity index is 524. The highest BCUT2D eigenvalue weighted by Crippen LogP contribution is 2.22. The predicted octanol–water partition coefficient (Wildman–Crippen LogP) is 1.77. The van der Waals surface area contributed by atoms with Gasteiger partial charge in [-0.1, -0.05) is 29.3 Å². The highest BCUT2D eigenvalue weighted by molar-refractivity contribution is 6.35. The van der Waals surface area contributed by atoms with Crippen molar-refractivity contribution < 1.29 is 24.2 Å². The molecular weight excluding hydrogens is 333 g/mol. The van der Waals surface area contributed by atoms with Crippen molar-refractivity contribution in [1.82, 2.24) is 5.32 Å². The Morgan fingerprint density at radius 2 is 2.05 bits per heavy atom. The van der Waals surface area contributed by atoms with Crippen LogP contribution in [0, 0.1) is 0 Å². The van der Waals surface area contributed by atoms with Gasteiger partial charge in [-0.2, -0.15) is 0 Å². The number of rotatable bonds is 9. The molecule has 0 aliphatic rings. The Hall–Kier alpha value is -1.34. The van der Waals surface area contributed by atoms with Crippen molar-refractivity contribution in [3.8, 4) is 0 Å². The van der Waals surface area contributed by atoms with Gasteiger partial charge in [0.2, 0.25) is 5.91 Å². The number of benzene rings is 1. The Labute approximate surface area is 138 Å². The lowest BCUT2D eigenvalue weighted by Crippen LogP contribution is -2.44. The molecule has 0 fully saturated rings. The molecule has 1 aromatic carbocycles. The molecule has 0 saturated heterocycles. The zero-order valence-corrected chi connectivity index (χ0v) is 13.5. The maximum Gasteiger partial charge on any atom is 0.326 e. The van der Waals surface area contributed by atoms with Crippen molar-refractivity contribution in [2.75, 3.05) is 26.9 Å². The van der Waals surface area contributed by atoms with Gasteiger partial charge < -0.3 is 19.9 Å². The number of carboxylic acid groups (broad SMARTS) is 1. The summed E-state index contributed by atoms with van der Waals surface area (Å²) in [6, 6.07) is 3.66. The number of ether oxygens (including phenoxy) is 2. The van der Waals surface area contributed by atoms with Gasteiger partial charge in [0.15, 0.2) is 0 Å². The lowest BCUT2D eigenvalue weighted by molar-refractivity contribution is -0.142. The molecule has 122 valence electrons. The molecule has 0 aliphatic carbocycles. The van der Waals surface area contributed by atoms with Gasteiger partial charge in [0.05, 0.1) is 13.2 Å². The summed E-state index contributed by atoms with van der Waals surface area (Å²) >= 11 is 11.8. The second-order valence-electron chi connectivity index (χ2n) is 4.44. The maximum absolute atomic E-state index is 11.7. The second kappa shape index (κ2) is 9.63. The molecule has 22 heavy (non-hydrogen) atoms. The van der Waals surface area contributed by atoms with Crippen LogP contribution in [-0.2, 0) is 25.5 Å². The smallest absolute Gasteiger partial charge is 0.326 e. The van der Waals surface area contributed by atoms with Crippen LogP contribution in [-0.4, -0.2) is 50.0 Å². The highest BCUT2D eigenvalue weighted by Gasteiger charge is 2.21. The zero-order chi connectivity index (χ0) is 16.5. The average Bonchev–Trinajstić information content (AvgIpc) is 2.45. The largest absolute Gasteiger partial charge is 0.480 e. The van der Waals surface area contributed by atoms with Crippen LogP contribution >= 0.6 is 23.2 Å². The summed E-state index contributed by atoms with van der Waals surface area (Å²) in [5.41, 5.74) is 0.582. The van der Waals surface area contributed by atoms with E-state index in [0.29, 0.717) is 22.2 Å². The molecule has 1 amide bonds. The van der Waals surface area contributed by atoms with E-state index in [0.717, 1.165) is 0 Å². The molecule has 0 saturated carbocycles. The summed E-state index contributed by atoms with van der Waals surface area (Å²) < 4.78 is 9.80. The first-order valence-corrected chi connectivity index (χ1v) is 7.22. The topological polar surface area (TPSA) is 84.9 Å². The molecule has 0 radical (unpaired) electrons. The van der Waals surface area contributed by atoms with Gasteiger partial charge in [-0.05, 0) is 17.7 Å². The Kier molecular flexibility index (Phi) is 8.19. The number of carbonyl (C=O) groups excluding carboxylic acids is 1. The molecule has 0 spiro atoms. The first-order valence-electron chi connectivity index (χ1n) is 6.46. The standard InChI is InChI=1S/C14H17Cl2NO5/c1-21-4-5-22-8-13(18)17-12(14(19)20)6-9-2-3-10(15)7-11(9)16/h2-3,7,12H,4-6,8H2,1H3,(H,17,18)(H,19,20)/t12-/m0/s1. The number of halogens is 2. The quantitative estimate of drug-likeness (QED) is 0.663. The van der Waals surface area contributed by atoms with Crippen molar-refractivity contribution in [2.24, 2.45) is 0 Å². The van der Waals surface area contributed by atoms with Crippen LogP contribution in [0.4, 0.5) is 0 Å². The SMILES string of the molecule is COCCOCC(=O)N[C@@H](Cc1ccc(Cl)cc1Cl)C(=O)O. The minimum Gasteiger partial charge on any atom is -0.480 e. The number of carboxylic acids is 1. The molecule has 2 N–H and O–H groups in total. The fourth-order valence-electron chi connectivity index (χ4n) is 1.65. The Morgan fingerprint density at radius 3 is 2.64 bits per heavy atom. The van der Waals surface area contributed by atoms with Crippen molar-refractivity contribution in [1.29, 1.82) is 0 Å². The maximum atomic E-state index is 11.7. The Morgan fingerprint density at radius 1 is 1.32 bits per heavy atom. The molecule has 1 rings (SSSR count). The van der Waals surface area contributed by atoms with Gasteiger partial charge >= 0.3 is 5.97 Å². The summed E-state index contributed by atoms with van der Waals surface area (Å²) in [4.78, 5) is 22.9. The van der Waals surface area contributed by atoms with E-state index in [4.69, 9.17) is 32.7 Å². The van der Waals surface area contributed by atoms with E-state index in [2.05, 4.69) is 5.32 Å². The fourth-order valence-corrected chi connectivity index (χ4v) is 2.14. The molecule has 0 unspecified atom stereocenters. The van der Waals surface area contributed by atoms with Gasteiger partial charge in [-0.25, -0.2) is 4.79 Å². The number of hydrogen-bond donors (Lipinski definition) is 2. The van der Waals surface area contributed by atoms with Crippen molar-refractivity contribution >= 4 is 35.1 Å². The lowest BCUT2D eigenvalue weighted by atomic mass is 10.1. The molecule has 6 nitrogen and oxygen atoms in total. The summed E-state index contributed by atoms with van der Waals surface area (Å²) in [7, 11) is 1.51. The van der Waals surface area contributed by atoms with Gasteiger partial charge in [-0.15, -0.1) is 0 Å². The van der Waals surface area contributed by atoms with Crippen molar-refractivity contribution in [3.05, 3.63) is 33.8 Å². The van der Waals surface area contributed by atoms with Crippen LogP contribution in [0.2, 0.25) is 10.0 Å². The van der Waals surface area contributed by atoms with Gasteiger partial charge in [0.1, 0.15) is 12.6 Å². The minimum absolute atomic E-state index is 0.0507. The molecule has 0 aliphatic heterocycles. The van der Waals surface area contributed by atoms with E-state index in [9.17, 15) is 14.7 Å². The lowest BCUT2D eigenvalue weighted by Gasteiger charge is -2.15. The number of amides is 1. The first-order chi connectivity index (χ1) is 10.4. The van der Waals surface area contributed by atoms with E-state index < -0.39 is 17.9 Å². The molecular formula is C14H17Cl2NO5. The van der Waals surface area contributed by atoms with E-state index in [1.165, 1.54) is 13.2 Å². The molecule has 1 aromatic rings. The summed E-state index contributed by atoms with van der Waals surface area (Å²) in [5, 5.41) is 12.4. The molecule has 0 aromatic heterocycles. The van der Waals surface area contributed by atoms with Crippen LogP contribution in [0.5, 0.6) is 0 Å². The predicted molar refractivity (Wildman–Crippen MR) is 82.4 cm³/mol. The van der Waals surface area contributed by atoms with Gasteiger partial charge in [-0.3, -0.25) is 4.79 Å². The highest BCUT2D eigenvalue weighted by atomic mass is 35.5. The third-order valence-electron chi connectivity index (χ3n) is 2.74. The van der Waals surface area contributed by atoms with Crippen molar-refractivity contribution in [3.63, 3.8) is 0 Å². The molecule has 0 heterocycles. The molecule has 1 atom stereocenters. The van der Waals surface area contributed by atoms with Crippen LogP contribution in [0.15, 0.2) is 18.2 Å². The zero-order valence-electron chi connectivity index (χ0n) is 12.0. The third kappa shape index (κ3) is 6.62. The van der Waals surface area contributed by atoms with Crippen LogP contribution < -0.4 is 5.32 Å². The van der Waals surface area contributed by atoms with Gasteiger partial charge in [0.25, 0.3) is 0 Å². The molecule has 8 heteroatoms. The fraction of sp³-hybridized carbons (Fsp3) is 0.429. The summed E-state index contributed by atoms with van der Waals surface area (Å²) in [6.07, 6.45) is 0.0507. The van der Waals surface area contributed by atoms with E-state index in [-0.39, 0.29) is 19.6 Å². The number of hydrogen-bond acceptors (Lipinski definition) is 4. The van der Waals surface area contributed by atoms with E-state index in [1.54, 1.807) is 12.1 Å². The number of nitrogens with one attached hydrogen (secondary N) is 1. The first kappa shape index (κ1) is 18.7. The van der Waals surface area contributed by atoms with E-state index >= 15 is 0 Å². The summed E-state index contributed by atoms with van der Waals surface area (Å²) in [6.45, 7) is 0.377. The third-order valence-corrected chi connectivity index (χ3v) is 3.32. The number of methoxy groups -OCH3 is 1. The van der Waals surface area contributed by atoms with Crippen LogP contribution in [0.3, 0.4) is 0 Å². The average molecular weight is 350 g/mol. The normalized spacial score (nSPS) is 12.0. The van der Waals surface area contributed by atoms with Crippen molar-refractivity contribution in [2.45, 2.75) is 12.5 Å². The summed E-state index contributed by atoms with van der Waals surface area (Å²) in [5.74, 6) is -1.68. The monoisotopic (exact) mass is 349 g/mol. The van der Waals surface area contributed by atoms with Crippen LogP contribution in [0.1, 0.15) is 5.56 Å².